The number of carbonyl (C=O) groups is 2. The Kier molecular flexibility index (Phi) is 7.08. The molecule has 32 heavy (non-hydrogen) atoms. The highest BCUT2D eigenvalue weighted by molar-refractivity contribution is 6.03. The van der Waals surface area contributed by atoms with Crippen molar-refractivity contribution in [2.45, 2.75) is 78.0 Å². The molecule has 2 heterocycles. The molecule has 1 aliphatic rings. The van der Waals surface area contributed by atoms with Crippen LogP contribution < -0.4 is 10.6 Å². The van der Waals surface area contributed by atoms with Gasteiger partial charge in [-0.3, -0.25) is 14.3 Å². The Morgan fingerprint density at radius 1 is 1.19 bits per heavy atom. The van der Waals surface area contributed by atoms with Gasteiger partial charge in [-0.05, 0) is 30.9 Å². The fourth-order valence-electron chi connectivity index (χ4n) is 4.12. The van der Waals surface area contributed by atoms with Gasteiger partial charge in [-0.25, -0.2) is 0 Å². The fourth-order valence-corrected chi connectivity index (χ4v) is 4.12. The van der Waals surface area contributed by atoms with E-state index in [0.29, 0.717) is 23.7 Å². The Bertz CT molecular complexity index is 974. The van der Waals surface area contributed by atoms with Crippen molar-refractivity contribution in [2.24, 2.45) is 13.0 Å². The van der Waals surface area contributed by atoms with Crippen LogP contribution in [0.25, 0.3) is 0 Å². The standard InChI is InChI=1S/C25H36N4O3/c1-15(2)21-12-17(26-16(3)30)13-22(32-21)18-10-8-9-11-19(18)27-24(31)20-14-23(25(4,5)6)28-29(20)7/h8-11,14-15,17,21-22H,12-13H2,1-7H3,(H,26,30)(H,27,31)/t17-,21-,22+/m1/s1. The van der Waals surface area contributed by atoms with E-state index < -0.39 is 0 Å². The molecule has 0 bridgehead atoms. The zero-order chi connectivity index (χ0) is 23.6. The maximum atomic E-state index is 13.1. The van der Waals surface area contributed by atoms with E-state index in [1.807, 2.05) is 30.3 Å². The molecule has 2 amide bonds. The van der Waals surface area contributed by atoms with E-state index in [4.69, 9.17) is 4.74 Å². The van der Waals surface area contributed by atoms with Gasteiger partial charge in [-0.2, -0.15) is 5.10 Å². The highest BCUT2D eigenvalue weighted by Gasteiger charge is 2.33. The van der Waals surface area contributed by atoms with Crippen molar-refractivity contribution < 1.29 is 14.3 Å². The largest absolute Gasteiger partial charge is 0.370 e. The molecule has 7 heteroatoms. The van der Waals surface area contributed by atoms with Crippen LogP contribution in [0.15, 0.2) is 30.3 Å². The van der Waals surface area contributed by atoms with Crippen LogP contribution in [0.4, 0.5) is 5.69 Å². The van der Waals surface area contributed by atoms with Gasteiger partial charge < -0.3 is 15.4 Å². The Morgan fingerprint density at radius 2 is 1.88 bits per heavy atom. The van der Waals surface area contributed by atoms with Gasteiger partial charge in [-0.15, -0.1) is 0 Å². The van der Waals surface area contributed by atoms with Crippen molar-refractivity contribution in [1.29, 1.82) is 0 Å². The summed E-state index contributed by atoms with van der Waals surface area (Å²) in [5.41, 5.74) is 2.86. The fraction of sp³-hybridized carbons (Fsp3) is 0.560. The first-order valence-corrected chi connectivity index (χ1v) is 11.3. The molecular formula is C25H36N4O3. The zero-order valence-electron chi connectivity index (χ0n) is 20.2. The van der Waals surface area contributed by atoms with E-state index in [1.54, 1.807) is 18.7 Å². The van der Waals surface area contributed by atoms with Crippen LogP contribution in [-0.2, 0) is 22.0 Å². The molecule has 0 spiro atoms. The highest BCUT2D eigenvalue weighted by atomic mass is 16.5. The van der Waals surface area contributed by atoms with E-state index in [-0.39, 0.29) is 35.5 Å². The third-order valence-corrected chi connectivity index (χ3v) is 5.94. The number of amides is 2. The third-order valence-electron chi connectivity index (χ3n) is 5.94. The number of hydrogen-bond donors (Lipinski definition) is 2. The molecular weight excluding hydrogens is 404 g/mol. The second kappa shape index (κ2) is 9.45. The van der Waals surface area contributed by atoms with Crippen LogP contribution in [0.3, 0.4) is 0 Å². The van der Waals surface area contributed by atoms with Crippen molar-refractivity contribution in [3.05, 3.63) is 47.3 Å². The highest BCUT2D eigenvalue weighted by Crippen LogP contribution is 2.37. The van der Waals surface area contributed by atoms with Crippen LogP contribution in [0.5, 0.6) is 0 Å². The number of hydrogen-bond acceptors (Lipinski definition) is 4. The summed E-state index contributed by atoms with van der Waals surface area (Å²) in [5, 5.41) is 10.6. The number of benzene rings is 1. The average Bonchev–Trinajstić information content (AvgIpc) is 3.10. The molecule has 0 radical (unpaired) electrons. The molecule has 1 aromatic carbocycles. The molecule has 0 saturated carbocycles. The van der Waals surface area contributed by atoms with Gasteiger partial charge in [0.1, 0.15) is 5.69 Å². The lowest BCUT2D eigenvalue weighted by Crippen LogP contribution is -2.43. The summed E-state index contributed by atoms with van der Waals surface area (Å²) in [4.78, 5) is 24.8. The maximum absolute atomic E-state index is 13.1. The van der Waals surface area contributed by atoms with Crippen LogP contribution in [0.1, 0.15) is 82.2 Å². The Balaban J connectivity index is 1.86. The van der Waals surface area contributed by atoms with Crippen LogP contribution in [-0.4, -0.2) is 33.7 Å². The minimum Gasteiger partial charge on any atom is -0.370 e. The normalized spacial score (nSPS) is 21.4. The number of aromatic nitrogens is 2. The van der Waals surface area contributed by atoms with Crippen molar-refractivity contribution >= 4 is 17.5 Å². The summed E-state index contributed by atoms with van der Waals surface area (Å²) < 4.78 is 8.05. The number of carbonyl (C=O) groups excluding carboxylic acids is 2. The molecule has 2 N–H and O–H groups in total. The summed E-state index contributed by atoms with van der Waals surface area (Å²) >= 11 is 0. The molecule has 2 aromatic rings. The first kappa shape index (κ1) is 24.0. The molecule has 1 fully saturated rings. The van der Waals surface area contributed by atoms with Crippen molar-refractivity contribution in [1.82, 2.24) is 15.1 Å². The molecule has 1 saturated heterocycles. The predicted octanol–water partition coefficient (Wildman–Crippen LogP) is 4.35. The number of rotatable bonds is 5. The van der Waals surface area contributed by atoms with E-state index in [9.17, 15) is 9.59 Å². The second-order valence-corrected chi connectivity index (χ2v) is 10.1. The monoisotopic (exact) mass is 440 g/mol. The number of aryl methyl sites for hydroxylation is 1. The second-order valence-electron chi connectivity index (χ2n) is 10.1. The molecule has 3 atom stereocenters. The Labute approximate surface area is 190 Å². The Hall–Kier alpha value is -2.67. The van der Waals surface area contributed by atoms with Gasteiger partial charge in [-0.1, -0.05) is 52.8 Å². The van der Waals surface area contributed by atoms with E-state index in [1.165, 1.54) is 0 Å². The van der Waals surface area contributed by atoms with Gasteiger partial charge in [0.15, 0.2) is 0 Å². The molecule has 7 nitrogen and oxygen atoms in total. The predicted molar refractivity (Wildman–Crippen MR) is 126 cm³/mol. The molecule has 174 valence electrons. The molecule has 0 aliphatic carbocycles. The van der Waals surface area contributed by atoms with E-state index >= 15 is 0 Å². The summed E-state index contributed by atoms with van der Waals surface area (Å²) in [6.07, 6.45) is 1.25. The number of ether oxygens (including phenoxy) is 1. The number of para-hydroxylation sites is 1. The van der Waals surface area contributed by atoms with Crippen molar-refractivity contribution in [3.8, 4) is 0 Å². The van der Waals surface area contributed by atoms with Gasteiger partial charge in [0.25, 0.3) is 5.91 Å². The first-order chi connectivity index (χ1) is 15.0. The molecule has 3 rings (SSSR count). The summed E-state index contributed by atoms with van der Waals surface area (Å²) in [5.74, 6) is 0.0734. The van der Waals surface area contributed by atoms with Crippen LogP contribution in [0.2, 0.25) is 0 Å². The summed E-state index contributed by atoms with van der Waals surface area (Å²) in [6.45, 7) is 12.0. The van der Waals surface area contributed by atoms with Crippen LogP contribution >= 0.6 is 0 Å². The lowest BCUT2D eigenvalue weighted by Gasteiger charge is -2.38. The number of nitrogens with one attached hydrogen (secondary N) is 2. The van der Waals surface area contributed by atoms with Crippen LogP contribution in [0, 0.1) is 5.92 Å². The van der Waals surface area contributed by atoms with Gasteiger partial charge in [0.05, 0.1) is 17.9 Å². The Morgan fingerprint density at radius 3 is 2.47 bits per heavy atom. The van der Waals surface area contributed by atoms with E-state index in [0.717, 1.165) is 17.7 Å². The first-order valence-electron chi connectivity index (χ1n) is 11.3. The topological polar surface area (TPSA) is 85.3 Å². The quantitative estimate of drug-likeness (QED) is 0.724. The average molecular weight is 441 g/mol. The summed E-state index contributed by atoms with van der Waals surface area (Å²) in [7, 11) is 1.78. The van der Waals surface area contributed by atoms with Crippen molar-refractivity contribution in [3.63, 3.8) is 0 Å². The maximum Gasteiger partial charge on any atom is 0.273 e. The molecule has 1 aliphatic heterocycles. The van der Waals surface area contributed by atoms with Crippen molar-refractivity contribution in [2.75, 3.05) is 5.32 Å². The molecule has 0 unspecified atom stereocenters. The minimum absolute atomic E-state index is 0.0285. The minimum atomic E-state index is -0.221. The van der Waals surface area contributed by atoms with Gasteiger partial charge in [0.2, 0.25) is 5.91 Å². The number of nitrogens with zero attached hydrogens (tertiary/aromatic N) is 2. The van der Waals surface area contributed by atoms with Gasteiger partial charge in [0, 0.05) is 36.7 Å². The lowest BCUT2D eigenvalue weighted by atomic mass is 9.89. The van der Waals surface area contributed by atoms with E-state index in [2.05, 4.69) is 50.4 Å². The lowest BCUT2D eigenvalue weighted by molar-refractivity contribution is -0.123. The zero-order valence-corrected chi connectivity index (χ0v) is 20.2. The smallest absolute Gasteiger partial charge is 0.273 e. The van der Waals surface area contributed by atoms with Gasteiger partial charge >= 0.3 is 0 Å². The molecule has 1 aromatic heterocycles. The number of anilines is 1. The third kappa shape index (κ3) is 5.57. The SMILES string of the molecule is CC(=O)N[C@H]1C[C@@H](c2ccccc2NC(=O)c2cc(C(C)(C)C)nn2C)O[C@@H](C(C)C)C1. The summed E-state index contributed by atoms with van der Waals surface area (Å²) in [6, 6.07) is 9.60.